The molecule has 2 amide bonds. The van der Waals surface area contributed by atoms with Gasteiger partial charge >= 0.3 is 0 Å². The van der Waals surface area contributed by atoms with E-state index in [2.05, 4.69) is 5.32 Å². The molecule has 12 heteroatoms. The van der Waals surface area contributed by atoms with Crippen LogP contribution in [0.5, 0.6) is 11.5 Å². The number of benzene rings is 2. The van der Waals surface area contributed by atoms with Crippen LogP contribution in [0.2, 0.25) is 10.0 Å². The van der Waals surface area contributed by atoms with E-state index in [1.165, 1.54) is 24.9 Å². The van der Waals surface area contributed by atoms with Crippen molar-refractivity contribution < 1.29 is 27.5 Å². The molecule has 1 aliphatic heterocycles. The first-order valence-corrected chi connectivity index (χ1v) is 12.8. The number of amides is 2. The highest BCUT2D eigenvalue weighted by molar-refractivity contribution is 7.92. The van der Waals surface area contributed by atoms with Gasteiger partial charge in [0.05, 0.1) is 21.5 Å². The van der Waals surface area contributed by atoms with Gasteiger partial charge in [-0.05, 0) is 43.7 Å². The molecule has 1 N–H and O–H groups in total. The molecule has 2 aromatic carbocycles. The molecule has 34 heavy (non-hydrogen) atoms. The highest BCUT2D eigenvalue weighted by atomic mass is 35.5. The topological polar surface area (TPSA) is 105 Å². The minimum atomic E-state index is -3.85. The smallest absolute Gasteiger partial charge is 0.244 e. The Morgan fingerprint density at radius 1 is 1.09 bits per heavy atom. The highest BCUT2D eigenvalue weighted by Gasteiger charge is 2.31. The van der Waals surface area contributed by atoms with E-state index < -0.39 is 34.4 Å². The molecule has 0 bridgehead atoms. The Morgan fingerprint density at radius 3 is 2.44 bits per heavy atom. The van der Waals surface area contributed by atoms with E-state index in [1.807, 2.05) is 0 Å². The van der Waals surface area contributed by atoms with Crippen molar-refractivity contribution in [1.29, 1.82) is 0 Å². The van der Waals surface area contributed by atoms with Gasteiger partial charge in [0, 0.05) is 19.7 Å². The molecule has 0 aromatic heterocycles. The van der Waals surface area contributed by atoms with Crippen molar-refractivity contribution in [3.8, 4) is 11.5 Å². The van der Waals surface area contributed by atoms with Gasteiger partial charge in [-0.25, -0.2) is 8.42 Å². The summed E-state index contributed by atoms with van der Waals surface area (Å²) in [5, 5.41) is 3.17. The van der Waals surface area contributed by atoms with Crippen molar-refractivity contribution >= 4 is 50.7 Å². The summed E-state index contributed by atoms with van der Waals surface area (Å²) in [6, 6.07) is 8.62. The van der Waals surface area contributed by atoms with Crippen molar-refractivity contribution in [3.63, 3.8) is 0 Å². The summed E-state index contributed by atoms with van der Waals surface area (Å²) in [6.07, 6.45) is 0. The van der Waals surface area contributed by atoms with Gasteiger partial charge in [-0.2, -0.15) is 0 Å². The summed E-state index contributed by atoms with van der Waals surface area (Å²) >= 11 is 12.1. The molecule has 1 heterocycles. The molecule has 2 aromatic rings. The fourth-order valence-electron chi connectivity index (χ4n) is 3.39. The van der Waals surface area contributed by atoms with Gasteiger partial charge in [0.15, 0.2) is 11.5 Å². The second kappa shape index (κ2) is 10.7. The molecular weight excluding hydrogens is 505 g/mol. The van der Waals surface area contributed by atoms with Crippen molar-refractivity contribution in [1.82, 2.24) is 10.2 Å². The average Bonchev–Trinajstić information content (AvgIpc) is 3.29. The lowest BCUT2D eigenvalue weighted by atomic mass is 10.1. The van der Waals surface area contributed by atoms with Crippen molar-refractivity contribution in [2.75, 3.05) is 30.4 Å². The van der Waals surface area contributed by atoms with E-state index in [0.29, 0.717) is 27.1 Å². The Morgan fingerprint density at radius 2 is 1.79 bits per heavy atom. The third kappa shape index (κ3) is 5.68. The van der Waals surface area contributed by atoms with E-state index in [0.717, 1.165) is 4.31 Å². The standard InChI is InChI=1S/C22H25Cl2N3O6S/c1-4-34(30,31)27(16-6-8-19-20(10-16)33-13-32-19)12-21(28)26(14(2)22(29)25-3)11-15-5-7-17(23)18(24)9-15/h5-10,14H,4,11-13H2,1-3H3,(H,25,29)/t14-/m1/s1. The molecule has 0 saturated heterocycles. The van der Waals surface area contributed by atoms with Crippen molar-refractivity contribution in [3.05, 3.63) is 52.0 Å². The zero-order chi connectivity index (χ0) is 25.0. The maximum Gasteiger partial charge on any atom is 0.244 e. The third-order valence-electron chi connectivity index (χ3n) is 5.37. The Balaban J connectivity index is 1.95. The van der Waals surface area contributed by atoms with Gasteiger partial charge in [0.2, 0.25) is 28.6 Å². The van der Waals surface area contributed by atoms with E-state index >= 15 is 0 Å². The van der Waals surface area contributed by atoms with Crippen LogP contribution in [0.4, 0.5) is 5.69 Å². The van der Waals surface area contributed by atoms with Gasteiger partial charge in [-0.3, -0.25) is 13.9 Å². The zero-order valence-electron chi connectivity index (χ0n) is 18.9. The Labute approximate surface area is 208 Å². The average molecular weight is 530 g/mol. The maximum absolute atomic E-state index is 13.5. The number of hydrogen-bond donors (Lipinski definition) is 1. The number of fused-ring (bicyclic) bond motifs is 1. The monoisotopic (exact) mass is 529 g/mol. The molecular formula is C22H25Cl2N3O6S. The first kappa shape index (κ1) is 25.9. The fraction of sp³-hybridized carbons (Fsp3) is 0.364. The van der Waals surface area contributed by atoms with Gasteiger partial charge in [0.1, 0.15) is 12.6 Å². The molecule has 3 rings (SSSR count). The van der Waals surface area contributed by atoms with Crippen molar-refractivity contribution in [2.45, 2.75) is 26.4 Å². The van der Waals surface area contributed by atoms with Crippen LogP contribution in [-0.2, 0) is 26.2 Å². The molecule has 0 aliphatic carbocycles. The van der Waals surface area contributed by atoms with Crippen LogP contribution < -0.4 is 19.1 Å². The summed E-state index contributed by atoms with van der Waals surface area (Å²) in [5.41, 5.74) is 0.882. The van der Waals surface area contributed by atoms with Crippen LogP contribution in [0.1, 0.15) is 19.4 Å². The fourth-order valence-corrected chi connectivity index (χ4v) is 4.76. The van der Waals surface area contributed by atoms with Gasteiger partial charge in [-0.15, -0.1) is 0 Å². The lowest BCUT2D eigenvalue weighted by Gasteiger charge is -2.31. The van der Waals surface area contributed by atoms with Gasteiger partial charge in [0.25, 0.3) is 0 Å². The number of likely N-dealkylation sites (N-methyl/N-ethyl adjacent to an activating group) is 1. The van der Waals surface area contributed by atoms with Crippen LogP contribution in [0, 0.1) is 0 Å². The lowest BCUT2D eigenvalue weighted by Crippen LogP contribution is -2.50. The summed E-state index contributed by atoms with van der Waals surface area (Å²) in [7, 11) is -2.39. The van der Waals surface area contributed by atoms with Gasteiger partial charge < -0.3 is 19.7 Å². The normalized spacial score (nSPS) is 13.3. The third-order valence-corrected chi connectivity index (χ3v) is 7.85. The predicted octanol–water partition coefficient (Wildman–Crippen LogP) is 3.04. The van der Waals surface area contributed by atoms with Gasteiger partial charge in [-0.1, -0.05) is 29.3 Å². The van der Waals surface area contributed by atoms with Crippen molar-refractivity contribution in [2.24, 2.45) is 0 Å². The molecule has 184 valence electrons. The Kier molecular flexibility index (Phi) is 8.17. The predicted molar refractivity (Wildman–Crippen MR) is 130 cm³/mol. The molecule has 1 atom stereocenters. The number of carbonyl (C=O) groups excluding carboxylic acids is 2. The minimum absolute atomic E-state index is 0.0193. The van der Waals surface area contributed by atoms with Crippen LogP contribution >= 0.6 is 23.2 Å². The lowest BCUT2D eigenvalue weighted by molar-refractivity contribution is -0.139. The SMILES string of the molecule is CCS(=O)(=O)N(CC(=O)N(Cc1ccc(Cl)c(Cl)c1)[C@H](C)C(=O)NC)c1ccc2c(c1)OCO2. The number of hydrogen-bond acceptors (Lipinski definition) is 6. The molecule has 1 aliphatic rings. The van der Waals surface area contributed by atoms with E-state index in [-0.39, 0.29) is 24.8 Å². The van der Waals surface area contributed by atoms with Crippen LogP contribution in [0.3, 0.4) is 0 Å². The number of anilines is 1. The summed E-state index contributed by atoms with van der Waals surface area (Å²) in [4.78, 5) is 27.2. The first-order valence-electron chi connectivity index (χ1n) is 10.4. The van der Waals surface area contributed by atoms with Crippen LogP contribution in [-0.4, -0.2) is 57.3 Å². The number of nitrogens with zero attached hydrogens (tertiary/aromatic N) is 2. The molecule has 0 saturated carbocycles. The minimum Gasteiger partial charge on any atom is -0.454 e. The number of halogens is 2. The number of rotatable bonds is 9. The van der Waals surface area contributed by atoms with E-state index in [9.17, 15) is 18.0 Å². The molecule has 0 spiro atoms. The summed E-state index contributed by atoms with van der Waals surface area (Å²) in [6.45, 7) is 2.58. The summed E-state index contributed by atoms with van der Waals surface area (Å²) < 4.78 is 37.5. The second-order valence-electron chi connectivity index (χ2n) is 7.51. The molecule has 0 fully saturated rings. The number of nitrogens with one attached hydrogen (secondary N) is 1. The number of carbonyl (C=O) groups is 2. The zero-order valence-corrected chi connectivity index (χ0v) is 21.2. The summed E-state index contributed by atoms with van der Waals surface area (Å²) in [5.74, 6) is -0.337. The maximum atomic E-state index is 13.5. The molecule has 9 nitrogen and oxygen atoms in total. The van der Waals surface area contributed by atoms with Crippen LogP contribution in [0.15, 0.2) is 36.4 Å². The highest BCUT2D eigenvalue weighted by Crippen LogP contribution is 2.36. The largest absolute Gasteiger partial charge is 0.454 e. The number of sulfonamides is 1. The van der Waals surface area contributed by atoms with E-state index in [4.69, 9.17) is 32.7 Å². The quantitative estimate of drug-likeness (QED) is 0.535. The Hall–Kier alpha value is -2.69. The van der Waals surface area contributed by atoms with Crippen LogP contribution in [0.25, 0.3) is 0 Å². The molecule has 0 radical (unpaired) electrons. The van der Waals surface area contributed by atoms with E-state index in [1.54, 1.807) is 37.3 Å². The molecule has 0 unspecified atom stereocenters. The first-order chi connectivity index (χ1) is 16.1. The number of ether oxygens (including phenoxy) is 2. The second-order valence-corrected chi connectivity index (χ2v) is 10.5. The Bertz CT molecular complexity index is 1190.